The first-order valence-corrected chi connectivity index (χ1v) is 8.07. The van der Waals surface area contributed by atoms with E-state index in [4.69, 9.17) is 10.5 Å². The number of hydrogen-bond acceptors (Lipinski definition) is 3. The van der Waals surface area contributed by atoms with Gasteiger partial charge in [-0.05, 0) is 37.6 Å². The lowest BCUT2D eigenvalue weighted by molar-refractivity contribution is 0.0608. The molecule has 21 heavy (non-hydrogen) atoms. The fraction of sp³-hybridized carbons (Fsp3) is 0.647. The number of benzene rings is 1. The monoisotopic (exact) mass is 292 g/mol. The average molecular weight is 292 g/mol. The van der Waals surface area contributed by atoms with Crippen molar-refractivity contribution in [3.63, 3.8) is 0 Å². The van der Waals surface area contributed by atoms with Crippen LogP contribution < -0.4 is 10.5 Å². The Morgan fingerprint density at radius 1 is 1.38 bits per heavy atom. The zero-order valence-electron chi connectivity index (χ0n) is 12.8. The summed E-state index contributed by atoms with van der Waals surface area (Å²) in [5.74, 6) is 0.658. The molecule has 0 spiro atoms. The number of fused-ring (bicyclic) bond motifs is 1. The Balaban J connectivity index is 1.69. The molecule has 0 radical (unpaired) electrons. The minimum Gasteiger partial charge on any atom is -0.488 e. The Labute approximate surface area is 126 Å². The van der Waals surface area contributed by atoms with E-state index in [1.165, 1.54) is 31.7 Å². The standard InChI is InChI=1S/C17H25FN2O/c1-2-20(17(12-19)7-3-4-8-17)11-15-10-13-9-14(18)5-6-16(13)21-15/h5-6,9,15H,2-4,7-8,10-12,19H2,1H3. The highest BCUT2D eigenvalue weighted by atomic mass is 19.1. The van der Waals surface area contributed by atoms with Crippen LogP contribution >= 0.6 is 0 Å². The molecule has 116 valence electrons. The fourth-order valence-electron chi connectivity index (χ4n) is 3.98. The molecule has 1 fully saturated rings. The number of nitrogens with two attached hydrogens (primary N) is 1. The summed E-state index contributed by atoms with van der Waals surface area (Å²) in [6.45, 7) is 4.78. The molecule has 1 heterocycles. The van der Waals surface area contributed by atoms with Gasteiger partial charge in [-0.1, -0.05) is 19.8 Å². The predicted octanol–water partition coefficient (Wildman–Crippen LogP) is 2.72. The van der Waals surface area contributed by atoms with Crippen molar-refractivity contribution < 1.29 is 9.13 Å². The lowest BCUT2D eigenvalue weighted by atomic mass is 9.94. The molecule has 1 aliphatic heterocycles. The molecule has 1 aliphatic carbocycles. The van der Waals surface area contributed by atoms with Crippen LogP contribution in [0.2, 0.25) is 0 Å². The van der Waals surface area contributed by atoms with Gasteiger partial charge in [-0.2, -0.15) is 0 Å². The van der Waals surface area contributed by atoms with Crippen LogP contribution in [-0.2, 0) is 6.42 Å². The van der Waals surface area contributed by atoms with Gasteiger partial charge in [0.25, 0.3) is 0 Å². The first kappa shape index (κ1) is 14.8. The summed E-state index contributed by atoms with van der Waals surface area (Å²) in [5.41, 5.74) is 7.23. The van der Waals surface area contributed by atoms with Crippen molar-refractivity contribution in [2.24, 2.45) is 5.73 Å². The average Bonchev–Trinajstić information content (AvgIpc) is 3.11. The maximum absolute atomic E-state index is 13.3. The highest BCUT2D eigenvalue weighted by Crippen LogP contribution is 2.36. The van der Waals surface area contributed by atoms with Crippen LogP contribution in [0.4, 0.5) is 4.39 Å². The summed E-state index contributed by atoms with van der Waals surface area (Å²) < 4.78 is 19.3. The van der Waals surface area contributed by atoms with Crippen molar-refractivity contribution in [2.45, 2.75) is 50.7 Å². The Hall–Kier alpha value is -1.13. The molecular weight excluding hydrogens is 267 g/mol. The molecule has 1 unspecified atom stereocenters. The van der Waals surface area contributed by atoms with Gasteiger partial charge in [0.2, 0.25) is 0 Å². The first-order chi connectivity index (χ1) is 10.2. The van der Waals surface area contributed by atoms with Gasteiger partial charge in [0.1, 0.15) is 17.7 Å². The molecule has 3 rings (SSSR count). The minimum absolute atomic E-state index is 0.116. The Morgan fingerprint density at radius 2 is 2.14 bits per heavy atom. The molecule has 0 bridgehead atoms. The fourth-order valence-corrected chi connectivity index (χ4v) is 3.98. The molecule has 0 amide bonds. The van der Waals surface area contributed by atoms with E-state index in [2.05, 4.69) is 11.8 Å². The van der Waals surface area contributed by atoms with Gasteiger partial charge in [-0.15, -0.1) is 0 Å². The SMILES string of the molecule is CCN(CC1Cc2cc(F)ccc2O1)C1(CN)CCCC1. The first-order valence-electron chi connectivity index (χ1n) is 8.07. The Bertz CT molecular complexity index is 500. The molecule has 2 aliphatic rings. The van der Waals surface area contributed by atoms with Gasteiger partial charge >= 0.3 is 0 Å². The summed E-state index contributed by atoms with van der Waals surface area (Å²) in [4.78, 5) is 2.49. The molecule has 1 atom stereocenters. The maximum atomic E-state index is 13.3. The third-order valence-electron chi connectivity index (χ3n) is 5.15. The van der Waals surface area contributed by atoms with Gasteiger partial charge in [-0.25, -0.2) is 4.39 Å². The van der Waals surface area contributed by atoms with Crippen LogP contribution in [0.5, 0.6) is 5.75 Å². The van der Waals surface area contributed by atoms with Crippen LogP contribution in [0.1, 0.15) is 38.2 Å². The van der Waals surface area contributed by atoms with E-state index < -0.39 is 0 Å². The van der Waals surface area contributed by atoms with Gasteiger partial charge in [0, 0.05) is 30.6 Å². The number of hydrogen-bond donors (Lipinski definition) is 1. The highest BCUT2D eigenvalue weighted by molar-refractivity contribution is 5.38. The van der Waals surface area contributed by atoms with Gasteiger partial charge in [-0.3, -0.25) is 4.90 Å². The maximum Gasteiger partial charge on any atom is 0.123 e. The molecule has 1 saturated carbocycles. The van der Waals surface area contributed by atoms with Crippen molar-refractivity contribution in [2.75, 3.05) is 19.6 Å². The van der Waals surface area contributed by atoms with Crippen LogP contribution in [0.3, 0.4) is 0 Å². The summed E-state index contributed by atoms with van der Waals surface area (Å²) in [6, 6.07) is 4.81. The van der Waals surface area contributed by atoms with Gasteiger partial charge < -0.3 is 10.5 Å². The zero-order chi connectivity index (χ0) is 14.9. The van der Waals surface area contributed by atoms with Gasteiger partial charge in [0.15, 0.2) is 0 Å². The van der Waals surface area contributed by atoms with Crippen molar-refractivity contribution in [1.29, 1.82) is 0 Å². The van der Waals surface area contributed by atoms with E-state index in [1.54, 1.807) is 12.1 Å². The Morgan fingerprint density at radius 3 is 2.81 bits per heavy atom. The largest absolute Gasteiger partial charge is 0.488 e. The minimum atomic E-state index is -0.181. The summed E-state index contributed by atoms with van der Waals surface area (Å²) in [5, 5.41) is 0. The van der Waals surface area contributed by atoms with Crippen molar-refractivity contribution in [1.82, 2.24) is 4.90 Å². The number of likely N-dealkylation sites (N-methyl/N-ethyl adjacent to an activating group) is 1. The van der Waals surface area contributed by atoms with Crippen LogP contribution in [0, 0.1) is 5.82 Å². The summed E-state index contributed by atoms with van der Waals surface area (Å²) in [6.07, 6.45) is 5.82. The molecule has 3 nitrogen and oxygen atoms in total. The van der Waals surface area contributed by atoms with E-state index in [0.717, 1.165) is 37.4 Å². The van der Waals surface area contributed by atoms with E-state index in [0.29, 0.717) is 0 Å². The van der Waals surface area contributed by atoms with Crippen LogP contribution in [-0.4, -0.2) is 36.2 Å². The van der Waals surface area contributed by atoms with Crippen LogP contribution in [0.25, 0.3) is 0 Å². The topological polar surface area (TPSA) is 38.5 Å². The molecule has 0 aromatic heterocycles. The van der Waals surface area contributed by atoms with Gasteiger partial charge in [0.05, 0.1) is 0 Å². The van der Waals surface area contributed by atoms with Crippen molar-refractivity contribution in [3.05, 3.63) is 29.6 Å². The second kappa shape index (κ2) is 5.93. The molecule has 2 N–H and O–H groups in total. The van der Waals surface area contributed by atoms with E-state index >= 15 is 0 Å². The molecular formula is C17H25FN2O. The number of nitrogens with zero attached hydrogens (tertiary/aromatic N) is 1. The molecule has 0 saturated heterocycles. The smallest absolute Gasteiger partial charge is 0.123 e. The van der Waals surface area contributed by atoms with Crippen molar-refractivity contribution in [3.8, 4) is 5.75 Å². The normalized spacial score (nSPS) is 23.3. The summed E-state index contributed by atoms with van der Waals surface area (Å²) >= 11 is 0. The van der Waals surface area contributed by atoms with Crippen molar-refractivity contribution >= 4 is 0 Å². The van der Waals surface area contributed by atoms with E-state index in [1.807, 2.05) is 0 Å². The lowest BCUT2D eigenvalue weighted by Crippen LogP contribution is -2.54. The summed E-state index contributed by atoms with van der Waals surface area (Å²) in [7, 11) is 0. The molecule has 1 aromatic rings. The highest BCUT2D eigenvalue weighted by Gasteiger charge is 2.39. The number of rotatable bonds is 5. The molecule has 1 aromatic carbocycles. The molecule has 4 heteroatoms. The van der Waals surface area contributed by atoms with Crippen LogP contribution in [0.15, 0.2) is 18.2 Å². The third-order valence-corrected chi connectivity index (χ3v) is 5.15. The number of ether oxygens (including phenoxy) is 1. The zero-order valence-corrected chi connectivity index (χ0v) is 12.8. The lowest BCUT2D eigenvalue weighted by Gasteiger charge is -2.41. The van der Waals surface area contributed by atoms with E-state index in [-0.39, 0.29) is 17.5 Å². The second-order valence-electron chi connectivity index (χ2n) is 6.37. The quantitative estimate of drug-likeness (QED) is 0.907. The predicted molar refractivity (Wildman–Crippen MR) is 82.0 cm³/mol. The second-order valence-corrected chi connectivity index (χ2v) is 6.37. The third kappa shape index (κ3) is 2.79. The number of halogens is 1. The Kier molecular flexibility index (Phi) is 4.18. The van der Waals surface area contributed by atoms with E-state index in [9.17, 15) is 4.39 Å².